The first-order valence-electron chi connectivity index (χ1n) is 9.26. The molecule has 1 aromatic heterocycles. The molecule has 2 heterocycles. The average Bonchev–Trinajstić information content (AvgIpc) is 3.19. The molecule has 2 N–H and O–H groups in total. The van der Waals surface area contributed by atoms with Gasteiger partial charge in [-0.2, -0.15) is 0 Å². The maximum atomic E-state index is 12.2. The fourth-order valence-corrected chi connectivity index (χ4v) is 3.05. The van der Waals surface area contributed by atoms with Crippen molar-refractivity contribution in [2.75, 3.05) is 25.4 Å². The molecular weight excluding hydrogens is 344 g/mol. The third kappa shape index (κ3) is 4.53. The van der Waals surface area contributed by atoms with E-state index in [0.29, 0.717) is 31.4 Å². The molecule has 0 bridgehead atoms. The van der Waals surface area contributed by atoms with E-state index in [1.54, 1.807) is 9.58 Å². The Hall–Kier alpha value is -2.70. The number of anilines is 1. The molecule has 7 heteroatoms. The topological polar surface area (TPSA) is 82.6 Å². The second-order valence-corrected chi connectivity index (χ2v) is 7.95. The van der Waals surface area contributed by atoms with Crippen molar-refractivity contribution in [3.05, 3.63) is 35.9 Å². The lowest BCUT2D eigenvalue weighted by Crippen LogP contribution is -2.35. The summed E-state index contributed by atoms with van der Waals surface area (Å²) in [5.74, 6) is 1.35. The van der Waals surface area contributed by atoms with Crippen LogP contribution in [0.1, 0.15) is 32.8 Å². The minimum absolute atomic E-state index is 0.250. The third-order valence-corrected chi connectivity index (χ3v) is 4.52. The number of nitrogens with zero attached hydrogens (tertiary/aromatic N) is 3. The molecule has 27 heavy (non-hydrogen) atoms. The summed E-state index contributed by atoms with van der Waals surface area (Å²) >= 11 is 0. The fraction of sp³-hybridized carbons (Fsp3) is 0.500. The van der Waals surface area contributed by atoms with Crippen molar-refractivity contribution in [1.29, 1.82) is 0 Å². The molecule has 7 nitrogen and oxygen atoms in total. The number of likely N-dealkylation sites (tertiary alicyclic amines) is 1. The molecule has 1 aliphatic heterocycles. The van der Waals surface area contributed by atoms with Crippen LogP contribution in [-0.2, 0) is 4.74 Å². The summed E-state index contributed by atoms with van der Waals surface area (Å²) in [6.07, 6.45) is 0.617. The minimum atomic E-state index is -0.482. The number of benzene rings is 1. The molecule has 1 fully saturated rings. The van der Waals surface area contributed by atoms with Crippen molar-refractivity contribution in [1.82, 2.24) is 14.7 Å². The first-order chi connectivity index (χ1) is 12.7. The maximum Gasteiger partial charge on any atom is 0.410 e. The number of rotatable bonds is 4. The lowest BCUT2D eigenvalue weighted by molar-refractivity contribution is 0.0284. The monoisotopic (exact) mass is 372 g/mol. The Morgan fingerprint density at radius 1 is 1.30 bits per heavy atom. The molecule has 1 saturated heterocycles. The van der Waals surface area contributed by atoms with E-state index in [1.807, 2.05) is 58.0 Å². The maximum absolute atomic E-state index is 12.2. The standard InChI is InChI=1S/C20H28N4O3/c1-14-17(21)24(16-8-6-5-7-9-16)22-18(14)26-13-15-10-11-23(12-15)19(25)27-20(2,3)4/h5-9,15H,10-13,21H2,1-4H3. The largest absolute Gasteiger partial charge is 0.476 e. The molecule has 1 amide bonds. The van der Waals surface area contributed by atoms with Crippen molar-refractivity contribution in [2.45, 2.75) is 39.7 Å². The van der Waals surface area contributed by atoms with E-state index in [1.165, 1.54) is 0 Å². The van der Waals surface area contributed by atoms with Gasteiger partial charge in [-0.3, -0.25) is 0 Å². The van der Waals surface area contributed by atoms with Gasteiger partial charge in [-0.25, -0.2) is 9.48 Å². The number of hydrogen-bond acceptors (Lipinski definition) is 5. The van der Waals surface area contributed by atoms with Gasteiger partial charge in [0.25, 0.3) is 0 Å². The molecular formula is C20H28N4O3. The SMILES string of the molecule is Cc1c(OCC2CCN(C(=O)OC(C)(C)C)C2)nn(-c2ccccc2)c1N. The number of ether oxygens (including phenoxy) is 2. The Labute approximate surface area is 160 Å². The number of hydrogen-bond donors (Lipinski definition) is 1. The van der Waals surface area contributed by atoms with Gasteiger partial charge in [0, 0.05) is 19.0 Å². The van der Waals surface area contributed by atoms with Gasteiger partial charge in [0.15, 0.2) is 0 Å². The lowest BCUT2D eigenvalue weighted by atomic mass is 10.1. The fourth-order valence-electron chi connectivity index (χ4n) is 3.05. The first kappa shape index (κ1) is 19.1. The zero-order valence-corrected chi connectivity index (χ0v) is 16.4. The van der Waals surface area contributed by atoms with Crippen LogP contribution in [0.15, 0.2) is 30.3 Å². The average molecular weight is 372 g/mol. The molecule has 0 aliphatic carbocycles. The van der Waals surface area contributed by atoms with Crippen molar-refractivity contribution in [2.24, 2.45) is 5.92 Å². The number of aromatic nitrogens is 2. The summed E-state index contributed by atoms with van der Waals surface area (Å²) in [6, 6.07) is 9.72. The Balaban J connectivity index is 1.59. The van der Waals surface area contributed by atoms with Crippen LogP contribution in [0, 0.1) is 12.8 Å². The van der Waals surface area contributed by atoms with Gasteiger partial charge in [0.05, 0.1) is 17.9 Å². The number of para-hydroxylation sites is 1. The summed E-state index contributed by atoms with van der Waals surface area (Å²) in [6.45, 7) is 9.32. The zero-order chi connectivity index (χ0) is 19.6. The van der Waals surface area contributed by atoms with Crippen LogP contribution in [0.4, 0.5) is 10.6 Å². The van der Waals surface area contributed by atoms with E-state index in [9.17, 15) is 4.79 Å². The normalized spacial score (nSPS) is 17.2. The Kier molecular flexibility index (Phi) is 5.30. The number of amides is 1. The molecule has 3 rings (SSSR count). The number of nitrogen functional groups attached to an aromatic ring is 1. The highest BCUT2D eigenvalue weighted by Crippen LogP contribution is 2.27. The van der Waals surface area contributed by atoms with Gasteiger partial charge in [0.1, 0.15) is 11.4 Å². The number of nitrogens with two attached hydrogens (primary N) is 1. The molecule has 1 unspecified atom stereocenters. The van der Waals surface area contributed by atoms with Crippen molar-refractivity contribution >= 4 is 11.9 Å². The van der Waals surface area contributed by atoms with Gasteiger partial charge in [-0.1, -0.05) is 18.2 Å². The Bertz CT molecular complexity index is 796. The third-order valence-electron chi connectivity index (χ3n) is 4.52. The highest BCUT2D eigenvalue weighted by atomic mass is 16.6. The van der Waals surface area contributed by atoms with E-state index < -0.39 is 5.60 Å². The number of carbonyl (C=O) groups is 1. The lowest BCUT2D eigenvalue weighted by Gasteiger charge is -2.24. The quantitative estimate of drug-likeness (QED) is 0.889. The van der Waals surface area contributed by atoms with Crippen LogP contribution in [0.25, 0.3) is 5.69 Å². The summed E-state index contributed by atoms with van der Waals surface area (Å²) in [7, 11) is 0. The molecule has 1 aromatic carbocycles. The van der Waals surface area contributed by atoms with Gasteiger partial charge < -0.3 is 20.1 Å². The van der Waals surface area contributed by atoms with Gasteiger partial charge in [-0.05, 0) is 46.2 Å². The van der Waals surface area contributed by atoms with Crippen LogP contribution in [-0.4, -0.2) is 46.1 Å². The van der Waals surface area contributed by atoms with E-state index in [2.05, 4.69) is 5.10 Å². The van der Waals surface area contributed by atoms with Gasteiger partial charge in [-0.15, -0.1) is 5.10 Å². The van der Waals surface area contributed by atoms with E-state index >= 15 is 0 Å². The van der Waals surface area contributed by atoms with Crippen molar-refractivity contribution in [3.8, 4) is 11.6 Å². The minimum Gasteiger partial charge on any atom is -0.476 e. The smallest absolute Gasteiger partial charge is 0.410 e. The van der Waals surface area contributed by atoms with Crippen molar-refractivity contribution in [3.63, 3.8) is 0 Å². The van der Waals surface area contributed by atoms with Crippen LogP contribution in [0.3, 0.4) is 0 Å². The van der Waals surface area contributed by atoms with Crippen LogP contribution in [0.2, 0.25) is 0 Å². The van der Waals surface area contributed by atoms with Gasteiger partial charge >= 0.3 is 6.09 Å². The predicted molar refractivity (Wildman–Crippen MR) is 104 cm³/mol. The summed E-state index contributed by atoms with van der Waals surface area (Å²) < 4.78 is 13.1. The molecule has 146 valence electrons. The van der Waals surface area contributed by atoms with Gasteiger partial charge in [0.2, 0.25) is 5.88 Å². The van der Waals surface area contributed by atoms with Crippen LogP contribution < -0.4 is 10.5 Å². The highest BCUT2D eigenvalue weighted by molar-refractivity contribution is 5.68. The Morgan fingerprint density at radius 3 is 2.67 bits per heavy atom. The Morgan fingerprint density at radius 2 is 2.00 bits per heavy atom. The first-order valence-corrected chi connectivity index (χ1v) is 9.26. The van der Waals surface area contributed by atoms with Crippen LogP contribution in [0.5, 0.6) is 5.88 Å². The summed E-state index contributed by atoms with van der Waals surface area (Å²) in [4.78, 5) is 13.9. The summed E-state index contributed by atoms with van der Waals surface area (Å²) in [5, 5.41) is 4.51. The molecule has 2 aromatic rings. The zero-order valence-electron chi connectivity index (χ0n) is 16.4. The molecule has 1 aliphatic rings. The van der Waals surface area contributed by atoms with E-state index in [4.69, 9.17) is 15.2 Å². The second-order valence-electron chi connectivity index (χ2n) is 7.95. The molecule has 0 radical (unpaired) electrons. The molecule has 1 atom stereocenters. The summed E-state index contributed by atoms with van der Waals surface area (Å²) in [5.41, 5.74) is 7.42. The van der Waals surface area contributed by atoms with E-state index in [0.717, 1.165) is 17.7 Å². The molecule has 0 saturated carbocycles. The van der Waals surface area contributed by atoms with Crippen molar-refractivity contribution < 1.29 is 14.3 Å². The predicted octanol–water partition coefficient (Wildman–Crippen LogP) is 3.40. The highest BCUT2D eigenvalue weighted by Gasteiger charge is 2.30. The molecule has 0 spiro atoms. The number of carbonyl (C=O) groups excluding carboxylic acids is 1. The van der Waals surface area contributed by atoms with E-state index in [-0.39, 0.29) is 12.0 Å². The second kappa shape index (κ2) is 7.50. The van der Waals surface area contributed by atoms with Crippen LogP contribution >= 0.6 is 0 Å².